The molecule has 6 nitrogen and oxygen atoms in total. The summed E-state index contributed by atoms with van der Waals surface area (Å²) in [5.41, 5.74) is 1.52. The van der Waals surface area contributed by atoms with Crippen molar-refractivity contribution in [3.05, 3.63) is 70.2 Å². The van der Waals surface area contributed by atoms with Gasteiger partial charge in [0, 0.05) is 16.0 Å². The number of hydrogen-bond acceptors (Lipinski definition) is 7. The van der Waals surface area contributed by atoms with Gasteiger partial charge in [-0.2, -0.15) is 8.78 Å². The minimum atomic E-state index is -2.51. The average Bonchev–Trinajstić information content (AvgIpc) is 3.17. The maximum Gasteiger partial charge on any atom is 0.338 e. The highest BCUT2D eigenvalue weighted by Crippen LogP contribution is 2.26. The van der Waals surface area contributed by atoms with E-state index in [-0.39, 0.29) is 5.56 Å². The van der Waals surface area contributed by atoms with Crippen LogP contribution >= 0.6 is 23.1 Å². The van der Waals surface area contributed by atoms with Crippen LogP contribution in [0.25, 0.3) is 0 Å². The van der Waals surface area contributed by atoms with Gasteiger partial charge in [-0.05, 0) is 55.5 Å². The number of amides is 1. The van der Waals surface area contributed by atoms with Crippen molar-refractivity contribution in [3.8, 4) is 5.75 Å². The summed E-state index contributed by atoms with van der Waals surface area (Å²) in [6, 6.07) is 12.3. The van der Waals surface area contributed by atoms with E-state index < -0.39 is 24.2 Å². The summed E-state index contributed by atoms with van der Waals surface area (Å²) >= 11 is 1.96. The van der Waals surface area contributed by atoms with Gasteiger partial charge in [-0.1, -0.05) is 11.8 Å². The fraction of sp³-hybridized carbons (Fsp3) is 0.190. The number of carbonyl (C=O) groups excluding carboxylic acids is 2. The Morgan fingerprint density at radius 2 is 1.84 bits per heavy atom. The van der Waals surface area contributed by atoms with Crippen LogP contribution in [0.5, 0.6) is 5.75 Å². The summed E-state index contributed by atoms with van der Waals surface area (Å²) in [4.78, 5) is 28.8. The molecule has 0 spiro atoms. The number of rotatable bonds is 9. The third kappa shape index (κ3) is 7.34. The summed E-state index contributed by atoms with van der Waals surface area (Å²) in [5, 5.41) is 5.42. The molecular formula is C21H18F2N2O4S2. The lowest BCUT2D eigenvalue weighted by molar-refractivity contribution is -0.119. The molecule has 0 saturated carbocycles. The summed E-state index contributed by atoms with van der Waals surface area (Å²) in [5.74, 6) is -3.13. The van der Waals surface area contributed by atoms with Gasteiger partial charge in [0.25, 0.3) is 11.7 Å². The molecule has 1 heterocycles. The minimum Gasteiger partial charge on any atom is -0.487 e. The summed E-state index contributed by atoms with van der Waals surface area (Å²) in [6.45, 7) is 1.77. The van der Waals surface area contributed by atoms with Crippen LogP contribution in [0.4, 0.5) is 14.5 Å². The highest BCUT2D eigenvalue weighted by molar-refractivity contribution is 7.99. The second-order valence-corrected chi connectivity index (χ2v) is 8.32. The molecule has 3 rings (SSSR count). The number of carbonyl (C=O) groups is 2. The van der Waals surface area contributed by atoms with E-state index in [1.165, 1.54) is 24.3 Å². The number of alkyl halides is 2. The van der Waals surface area contributed by atoms with Crippen LogP contribution < -0.4 is 10.1 Å². The molecule has 0 bridgehead atoms. The molecule has 0 radical (unpaired) electrons. The van der Waals surface area contributed by atoms with E-state index in [2.05, 4.69) is 10.3 Å². The normalized spacial score (nSPS) is 10.7. The maximum atomic E-state index is 12.3. The zero-order chi connectivity index (χ0) is 22.2. The molecule has 31 heavy (non-hydrogen) atoms. The van der Waals surface area contributed by atoms with E-state index in [1.54, 1.807) is 35.6 Å². The largest absolute Gasteiger partial charge is 0.487 e. The first kappa shape index (κ1) is 22.7. The molecule has 10 heteroatoms. The van der Waals surface area contributed by atoms with Crippen LogP contribution in [0, 0.1) is 6.92 Å². The second-order valence-electron chi connectivity index (χ2n) is 6.20. The minimum absolute atomic E-state index is 0.276. The molecule has 0 atom stereocenters. The summed E-state index contributed by atoms with van der Waals surface area (Å²) in [7, 11) is 0. The first-order valence-corrected chi connectivity index (χ1v) is 10.8. The molecule has 0 aliphatic rings. The smallest absolute Gasteiger partial charge is 0.338 e. The van der Waals surface area contributed by atoms with Crippen LogP contribution in [0.3, 0.4) is 0 Å². The predicted octanol–water partition coefficient (Wildman–Crippen LogP) is 5.14. The van der Waals surface area contributed by atoms with Crippen LogP contribution in [-0.2, 0) is 16.1 Å². The third-order valence-corrected chi connectivity index (χ3v) is 5.39. The van der Waals surface area contributed by atoms with E-state index in [4.69, 9.17) is 9.47 Å². The van der Waals surface area contributed by atoms with Crippen molar-refractivity contribution < 1.29 is 27.8 Å². The second kappa shape index (κ2) is 10.9. The van der Waals surface area contributed by atoms with Crippen molar-refractivity contribution in [1.29, 1.82) is 0 Å². The van der Waals surface area contributed by atoms with Crippen molar-refractivity contribution >= 4 is 40.7 Å². The van der Waals surface area contributed by atoms with Gasteiger partial charge in [0.15, 0.2) is 6.61 Å². The number of nitrogens with zero attached hydrogens (tertiary/aromatic N) is 1. The average molecular weight is 465 g/mol. The van der Waals surface area contributed by atoms with E-state index in [0.717, 1.165) is 10.7 Å². The molecule has 162 valence electrons. The SMILES string of the molecule is Cc1nc(COc2ccc(C(=O)OCC(=O)Nc3ccc(SC(F)F)cc3)cc2)cs1. The molecule has 1 N–H and O–H groups in total. The van der Waals surface area contributed by atoms with Crippen molar-refractivity contribution in [1.82, 2.24) is 4.98 Å². The Morgan fingerprint density at radius 3 is 2.45 bits per heavy atom. The predicted molar refractivity (Wildman–Crippen MR) is 115 cm³/mol. The number of aromatic nitrogens is 1. The number of hydrogen-bond donors (Lipinski definition) is 1. The van der Waals surface area contributed by atoms with Crippen molar-refractivity contribution in [2.75, 3.05) is 11.9 Å². The van der Waals surface area contributed by atoms with E-state index in [0.29, 0.717) is 34.7 Å². The molecular weight excluding hydrogens is 446 g/mol. The van der Waals surface area contributed by atoms with Gasteiger partial charge in [-0.3, -0.25) is 4.79 Å². The van der Waals surface area contributed by atoms with Gasteiger partial charge in [-0.15, -0.1) is 11.3 Å². The number of aryl methyl sites for hydroxylation is 1. The van der Waals surface area contributed by atoms with E-state index >= 15 is 0 Å². The highest BCUT2D eigenvalue weighted by Gasteiger charge is 2.11. The van der Waals surface area contributed by atoms with Crippen LogP contribution in [0.1, 0.15) is 21.1 Å². The first-order chi connectivity index (χ1) is 14.9. The zero-order valence-corrected chi connectivity index (χ0v) is 18.0. The number of thiazole rings is 1. The number of anilines is 1. The maximum absolute atomic E-state index is 12.3. The standard InChI is InChI=1S/C21H18F2N2O4S2/c1-13-24-16(12-30-13)10-28-17-6-2-14(3-7-17)20(27)29-11-19(26)25-15-4-8-18(9-5-15)31-21(22)23/h2-9,12,21H,10-11H2,1H3,(H,25,26). The quantitative estimate of drug-likeness (QED) is 0.349. The Kier molecular flexibility index (Phi) is 7.96. The molecule has 0 fully saturated rings. The number of thioether (sulfide) groups is 1. The Hall–Kier alpha value is -2.98. The van der Waals surface area contributed by atoms with E-state index in [1.807, 2.05) is 12.3 Å². The fourth-order valence-corrected chi connectivity index (χ4v) is 3.55. The molecule has 0 saturated heterocycles. The summed E-state index contributed by atoms with van der Waals surface area (Å²) in [6.07, 6.45) is 0. The number of esters is 1. The highest BCUT2D eigenvalue weighted by atomic mass is 32.2. The number of nitrogens with one attached hydrogen (secondary N) is 1. The van der Waals surface area contributed by atoms with E-state index in [9.17, 15) is 18.4 Å². The molecule has 3 aromatic rings. The lowest BCUT2D eigenvalue weighted by Crippen LogP contribution is -2.20. The van der Waals surface area contributed by atoms with Gasteiger partial charge in [0.05, 0.1) is 16.3 Å². The van der Waals surface area contributed by atoms with Crippen molar-refractivity contribution in [2.24, 2.45) is 0 Å². The monoisotopic (exact) mass is 464 g/mol. The molecule has 2 aromatic carbocycles. The van der Waals surface area contributed by atoms with Crippen LogP contribution in [0.2, 0.25) is 0 Å². The topological polar surface area (TPSA) is 77.5 Å². The Balaban J connectivity index is 1.43. The van der Waals surface area contributed by atoms with Crippen molar-refractivity contribution in [2.45, 2.75) is 24.2 Å². The lowest BCUT2D eigenvalue weighted by Gasteiger charge is -2.08. The Morgan fingerprint density at radius 1 is 1.13 bits per heavy atom. The van der Waals surface area contributed by atoms with Crippen LogP contribution in [-0.4, -0.2) is 29.2 Å². The van der Waals surface area contributed by atoms with Gasteiger partial charge >= 0.3 is 5.97 Å². The number of halogens is 2. The summed E-state index contributed by atoms with van der Waals surface area (Å²) < 4.78 is 35.3. The molecule has 0 aliphatic carbocycles. The molecule has 1 aromatic heterocycles. The van der Waals surface area contributed by atoms with Crippen molar-refractivity contribution in [3.63, 3.8) is 0 Å². The molecule has 0 unspecified atom stereocenters. The zero-order valence-electron chi connectivity index (χ0n) is 16.3. The van der Waals surface area contributed by atoms with Crippen LogP contribution in [0.15, 0.2) is 58.8 Å². The van der Waals surface area contributed by atoms with Gasteiger partial charge in [0.2, 0.25) is 0 Å². The molecule has 0 aliphatic heterocycles. The van der Waals surface area contributed by atoms with Gasteiger partial charge < -0.3 is 14.8 Å². The Labute approximate surface area is 185 Å². The van der Waals surface area contributed by atoms with Gasteiger partial charge in [0.1, 0.15) is 12.4 Å². The number of ether oxygens (including phenoxy) is 2. The number of benzene rings is 2. The van der Waals surface area contributed by atoms with Gasteiger partial charge in [-0.25, -0.2) is 9.78 Å². The first-order valence-electron chi connectivity index (χ1n) is 9.05. The lowest BCUT2D eigenvalue weighted by atomic mass is 10.2. The third-order valence-electron chi connectivity index (χ3n) is 3.84. The Bertz CT molecular complexity index is 1020. The fourth-order valence-electron chi connectivity index (χ4n) is 2.45. The molecule has 1 amide bonds.